The highest BCUT2D eigenvalue weighted by Gasteiger charge is 2.27. The quantitative estimate of drug-likeness (QED) is 0.664. The Kier molecular flexibility index (Phi) is 5.62. The zero-order valence-corrected chi connectivity index (χ0v) is 15.8. The minimum Gasteiger partial charge on any atom is -0.336 e. The van der Waals surface area contributed by atoms with Crippen molar-refractivity contribution in [3.8, 4) is 16.9 Å². The van der Waals surface area contributed by atoms with E-state index in [2.05, 4.69) is 10.1 Å². The fourth-order valence-electron chi connectivity index (χ4n) is 3.46. The molecule has 0 unspecified atom stereocenters. The van der Waals surface area contributed by atoms with Crippen molar-refractivity contribution in [3.05, 3.63) is 66.6 Å². The highest BCUT2D eigenvalue weighted by atomic mass is 19.3. The third-order valence-corrected chi connectivity index (χ3v) is 4.96. The number of piperazine rings is 1. The van der Waals surface area contributed by atoms with Crippen LogP contribution in [0.3, 0.4) is 0 Å². The van der Waals surface area contributed by atoms with Crippen molar-refractivity contribution >= 4 is 5.91 Å². The summed E-state index contributed by atoms with van der Waals surface area (Å²) in [5.41, 5.74) is 2.63. The lowest BCUT2D eigenvalue weighted by Gasteiger charge is -2.34. The Morgan fingerprint density at radius 3 is 2.45 bits per heavy atom. The van der Waals surface area contributed by atoms with Crippen molar-refractivity contribution in [1.29, 1.82) is 0 Å². The van der Waals surface area contributed by atoms with E-state index in [9.17, 15) is 13.6 Å². The molecule has 4 rings (SSSR count). The largest absolute Gasteiger partial charge is 0.336 e. The summed E-state index contributed by atoms with van der Waals surface area (Å²) in [6.07, 6.45) is 2.71. The van der Waals surface area contributed by atoms with Gasteiger partial charge in [-0.3, -0.25) is 14.7 Å². The number of para-hydroxylation sites is 1. The summed E-state index contributed by atoms with van der Waals surface area (Å²) in [6.45, 7) is 1.44. The number of halogens is 2. The number of aromatic nitrogens is 3. The zero-order valence-electron chi connectivity index (χ0n) is 15.8. The first-order chi connectivity index (χ1) is 14.1. The summed E-state index contributed by atoms with van der Waals surface area (Å²) < 4.78 is 26.9. The van der Waals surface area contributed by atoms with Crippen LogP contribution in [0.25, 0.3) is 16.9 Å². The van der Waals surface area contributed by atoms with Gasteiger partial charge in [0.05, 0.1) is 17.8 Å². The molecule has 3 heterocycles. The molecule has 0 N–H and O–H groups in total. The smallest absolute Gasteiger partial charge is 0.257 e. The molecule has 1 amide bonds. The van der Waals surface area contributed by atoms with Crippen LogP contribution in [0.5, 0.6) is 0 Å². The molecule has 0 spiro atoms. The standard InChI is InChI=1S/C21H21F2N5O/c22-19(23)15-26-9-11-27(12-10-26)21(29)18-14-28(17-6-2-1-3-7-17)25-20(18)16-5-4-8-24-13-16/h1-8,13-14,19H,9-12,15H2. The van der Waals surface area contributed by atoms with Crippen LogP contribution in [-0.2, 0) is 0 Å². The van der Waals surface area contributed by atoms with Gasteiger partial charge in [-0.05, 0) is 24.3 Å². The number of pyridine rings is 1. The second-order valence-corrected chi connectivity index (χ2v) is 6.90. The van der Waals surface area contributed by atoms with Gasteiger partial charge in [-0.1, -0.05) is 18.2 Å². The van der Waals surface area contributed by atoms with Gasteiger partial charge in [-0.15, -0.1) is 0 Å². The van der Waals surface area contributed by atoms with Gasteiger partial charge in [0.25, 0.3) is 12.3 Å². The van der Waals surface area contributed by atoms with Gasteiger partial charge in [0.1, 0.15) is 5.69 Å². The fraction of sp³-hybridized carbons (Fsp3) is 0.286. The molecule has 3 aromatic rings. The van der Waals surface area contributed by atoms with Crippen LogP contribution in [0.1, 0.15) is 10.4 Å². The lowest BCUT2D eigenvalue weighted by molar-refractivity contribution is 0.0459. The summed E-state index contributed by atoms with van der Waals surface area (Å²) in [5, 5.41) is 4.64. The average molecular weight is 397 g/mol. The van der Waals surface area contributed by atoms with Crippen LogP contribution in [0.4, 0.5) is 8.78 Å². The molecule has 0 saturated carbocycles. The maximum atomic E-state index is 13.3. The molecule has 0 radical (unpaired) electrons. The summed E-state index contributed by atoms with van der Waals surface area (Å²) in [5.74, 6) is -0.150. The van der Waals surface area contributed by atoms with Crippen LogP contribution >= 0.6 is 0 Å². The first kappa shape index (κ1) is 19.2. The van der Waals surface area contributed by atoms with Crippen molar-refractivity contribution in [2.45, 2.75) is 6.43 Å². The predicted octanol–water partition coefficient (Wildman–Crippen LogP) is 2.96. The normalized spacial score (nSPS) is 15.1. The molecule has 1 aliphatic rings. The van der Waals surface area contributed by atoms with Crippen molar-refractivity contribution in [2.75, 3.05) is 32.7 Å². The minimum atomic E-state index is -2.36. The van der Waals surface area contributed by atoms with Gasteiger partial charge in [0, 0.05) is 50.3 Å². The van der Waals surface area contributed by atoms with Crippen molar-refractivity contribution < 1.29 is 13.6 Å². The minimum absolute atomic E-state index is 0.150. The van der Waals surface area contributed by atoms with E-state index in [4.69, 9.17) is 0 Å². The Balaban J connectivity index is 1.62. The van der Waals surface area contributed by atoms with E-state index in [0.717, 1.165) is 11.3 Å². The number of hydrogen-bond acceptors (Lipinski definition) is 4. The van der Waals surface area contributed by atoms with Gasteiger partial charge in [-0.25, -0.2) is 13.5 Å². The van der Waals surface area contributed by atoms with E-state index in [1.807, 2.05) is 36.4 Å². The molecule has 150 valence electrons. The third kappa shape index (κ3) is 4.32. The summed E-state index contributed by atoms with van der Waals surface area (Å²) >= 11 is 0. The first-order valence-electron chi connectivity index (χ1n) is 9.47. The second-order valence-electron chi connectivity index (χ2n) is 6.90. The molecule has 0 bridgehead atoms. The van der Waals surface area contributed by atoms with Crippen LogP contribution in [0.2, 0.25) is 0 Å². The Labute approximate surface area is 167 Å². The molecular weight excluding hydrogens is 376 g/mol. The molecule has 6 nitrogen and oxygen atoms in total. The van der Waals surface area contributed by atoms with Gasteiger partial charge >= 0.3 is 0 Å². The summed E-state index contributed by atoms with van der Waals surface area (Å²) in [6, 6.07) is 13.2. The fourth-order valence-corrected chi connectivity index (χ4v) is 3.46. The van der Waals surface area contributed by atoms with E-state index in [1.54, 1.807) is 39.1 Å². The number of rotatable bonds is 5. The summed E-state index contributed by atoms with van der Waals surface area (Å²) in [4.78, 5) is 20.8. The molecule has 0 atom stereocenters. The van der Waals surface area contributed by atoms with Crippen molar-refractivity contribution in [3.63, 3.8) is 0 Å². The molecule has 1 fully saturated rings. The SMILES string of the molecule is O=C(c1cn(-c2ccccc2)nc1-c1cccnc1)N1CCN(CC(F)F)CC1. The van der Waals surface area contributed by atoms with Crippen LogP contribution in [0, 0.1) is 0 Å². The highest BCUT2D eigenvalue weighted by molar-refractivity contribution is 6.00. The third-order valence-electron chi connectivity index (χ3n) is 4.96. The van der Waals surface area contributed by atoms with Gasteiger partial charge in [-0.2, -0.15) is 5.10 Å². The maximum Gasteiger partial charge on any atom is 0.257 e. The highest BCUT2D eigenvalue weighted by Crippen LogP contribution is 2.25. The first-order valence-corrected chi connectivity index (χ1v) is 9.47. The molecule has 8 heteroatoms. The number of hydrogen-bond donors (Lipinski definition) is 0. The number of benzene rings is 1. The maximum absolute atomic E-state index is 13.3. The van der Waals surface area contributed by atoms with Crippen molar-refractivity contribution in [1.82, 2.24) is 24.6 Å². The van der Waals surface area contributed by atoms with E-state index in [1.165, 1.54) is 0 Å². The Hall–Kier alpha value is -3.13. The van der Waals surface area contributed by atoms with Gasteiger partial charge in [0.2, 0.25) is 0 Å². The Morgan fingerprint density at radius 2 is 1.79 bits per heavy atom. The van der Waals surface area contributed by atoms with Crippen LogP contribution in [-0.4, -0.2) is 69.6 Å². The van der Waals surface area contributed by atoms with E-state index in [0.29, 0.717) is 37.4 Å². The molecule has 0 aliphatic carbocycles. The number of alkyl halides is 2. The Bertz CT molecular complexity index is 954. The molecule has 1 saturated heterocycles. The van der Waals surface area contributed by atoms with Gasteiger partial charge < -0.3 is 4.90 Å². The van der Waals surface area contributed by atoms with E-state index < -0.39 is 6.43 Å². The summed E-state index contributed by atoms with van der Waals surface area (Å²) in [7, 11) is 0. The van der Waals surface area contributed by atoms with Crippen LogP contribution in [0.15, 0.2) is 61.1 Å². The monoisotopic (exact) mass is 397 g/mol. The van der Waals surface area contributed by atoms with E-state index in [-0.39, 0.29) is 12.5 Å². The van der Waals surface area contributed by atoms with Gasteiger partial charge in [0.15, 0.2) is 0 Å². The Morgan fingerprint density at radius 1 is 1.03 bits per heavy atom. The van der Waals surface area contributed by atoms with Crippen LogP contribution < -0.4 is 0 Å². The molecule has 29 heavy (non-hydrogen) atoms. The lowest BCUT2D eigenvalue weighted by atomic mass is 10.1. The molecule has 2 aromatic heterocycles. The number of carbonyl (C=O) groups excluding carboxylic acids is 1. The predicted molar refractivity (Wildman–Crippen MR) is 105 cm³/mol. The zero-order chi connectivity index (χ0) is 20.2. The second kappa shape index (κ2) is 8.48. The number of carbonyl (C=O) groups is 1. The molecular formula is C21H21F2N5O. The molecule has 1 aromatic carbocycles. The van der Waals surface area contributed by atoms with E-state index >= 15 is 0 Å². The topological polar surface area (TPSA) is 54.3 Å². The average Bonchev–Trinajstić information content (AvgIpc) is 3.20. The lowest BCUT2D eigenvalue weighted by Crippen LogP contribution is -2.49. The number of nitrogens with zero attached hydrogens (tertiary/aromatic N) is 5. The van der Waals surface area contributed by atoms with Crippen molar-refractivity contribution in [2.24, 2.45) is 0 Å². The molecule has 1 aliphatic heterocycles. The number of amides is 1.